The molecule has 0 spiro atoms. The van der Waals surface area contributed by atoms with Crippen LogP contribution in [0.2, 0.25) is 0 Å². The number of esters is 1. The molecule has 2 nitrogen and oxygen atoms in total. The Balaban J connectivity index is 0.00000112. The number of carbonyl (C=O) groups is 1. The summed E-state index contributed by atoms with van der Waals surface area (Å²) in [4.78, 5) is 11.4. The van der Waals surface area contributed by atoms with E-state index in [1.807, 2.05) is 36.4 Å². The number of hydrogen-bond acceptors (Lipinski definition) is 2. The Hall–Kier alpha value is -0.830. The van der Waals surface area contributed by atoms with Crippen molar-refractivity contribution >= 4 is 16.7 Å². The van der Waals surface area contributed by atoms with E-state index in [1.165, 1.54) is 7.11 Å². The quantitative estimate of drug-likeness (QED) is 0.479. The Morgan fingerprint density at radius 3 is 2.53 bits per heavy atom. The van der Waals surface area contributed by atoms with E-state index in [1.54, 1.807) is 6.07 Å². The van der Waals surface area contributed by atoms with Crippen LogP contribution in [0.1, 0.15) is 11.8 Å². The summed E-state index contributed by atoms with van der Waals surface area (Å²) in [5.41, 5.74) is 0.616. The van der Waals surface area contributed by atoms with Crippen molar-refractivity contribution in [2.45, 2.75) is 0 Å². The van der Waals surface area contributed by atoms with E-state index < -0.39 is 0 Å². The Labute approximate surface area is 112 Å². The van der Waals surface area contributed by atoms with Crippen LogP contribution in [0.4, 0.5) is 0 Å². The van der Waals surface area contributed by atoms with Crippen LogP contribution in [0.15, 0.2) is 42.5 Å². The monoisotopic (exact) mass is 210 g/mol. The van der Waals surface area contributed by atoms with Crippen LogP contribution in [0, 0.1) is 0 Å². The molecule has 0 bridgehead atoms. The third kappa shape index (κ3) is 2.40. The average molecular weight is 210 g/mol. The second kappa shape index (κ2) is 5.31. The third-order valence-corrected chi connectivity index (χ3v) is 2.19. The molecule has 0 heterocycles. The second-order valence-electron chi connectivity index (χ2n) is 3.02. The second-order valence-corrected chi connectivity index (χ2v) is 3.02. The van der Waals surface area contributed by atoms with Crippen molar-refractivity contribution in [1.29, 1.82) is 0 Å². The molecule has 0 N–H and O–H groups in total. The molecule has 72 valence electrons. The number of rotatable bonds is 1. The van der Waals surface area contributed by atoms with Gasteiger partial charge in [0.2, 0.25) is 0 Å². The van der Waals surface area contributed by atoms with Gasteiger partial charge in [0.1, 0.15) is 0 Å². The summed E-state index contributed by atoms with van der Waals surface area (Å²) in [6.45, 7) is 0. The summed E-state index contributed by atoms with van der Waals surface area (Å²) >= 11 is 0. The summed E-state index contributed by atoms with van der Waals surface area (Å²) in [7, 11) is 1.39. The standard InChI is InChI=1S/C12H10O2.Na.H/c1-14-12(13)11-8-4-6-9-5-2-3-7-10(9)11;;/h2-8H,1H3;;/q;+1;-1. The van der Waals surface area contributed by atoms with E-state index in [0.717, 1.165) is 10.8 Å². The van der Waals surface area contributed by atoms with Gasteiger partial charge in [-0.05, 0) is 16.8 Å². The predicted molar refractivity (Wildman–Crippen MR) is 56.4 cm³/mol. The van der Waals surface area contributed by atoms with Crippen LogP contribution >= 0.6 is 0 Å². The Bertz CT molecular complexity index is 480. The zero-order chi connectivity index (χ0) is 9.97. The molecule has 0 aliphatic rings. The molecular formula is C12H11NaO2. The molecule has 0 fully saturated rings. The van der Waals surface area contributed by atoms with E-state index >= 15 is 0 Å². The number of ether oxygens (including phenoxy) is 1. The zero-order valence-corrected chi connectivity index (χ0v) is 10.9. The molecule has 2 aromatic rings. The first-order valence-corrected chi connectivity index (χ1v) is 4.39. The molecule has 15 heavy (non-hydrogen) atoms. The molecule has 3 heteroatoms. The van der Waals surface area contributed by atoms with Crippen molar-refractivity contribution in [2.24, 2.45) is 0 Å². The number of fused-ring (bicyclic) bond motifs is 1. The minimum Gasteiger partial charge on any atom is -1.00 e. The molecule has 0 aliphatic heterocycles. The number of benzene rings is 2. The SMILES string of the molecule is COC(=O)c1cccc2ccccc12.[H-].[Na+]. The van der Waals surface area contributed by atoms with Gasteiger partial charge in [-0.1, -0.05) is 36.4 Å². The van der Waals surface area contributed by atoms with E-state index in [2.05, 4.69) is 0 Å². The molecular weight excluding hydrogens is 199 g/mol. The van der Waals surface area contributed by atoms with Gasteiger partial charge in [0.15, 0.2) is 0 Å². The topological polar surface area (TPSA) is 26.3 Å². The fourth-order valence-corrected chi connectivity index (χ4v) is 1.51. The van der Waals surface area contributed by atoms with Gasteiger partial charge in [0.25, 0.3) is 0 Å². The fraction of sp³-hybridized carbons (Fsp3) is 0.0833. The van der Waals surface area contributed by atoms with Crippen LogP contribution in [0.25, 0.3) is 10.8 Å². The van der Waals surface area contributed by atoms with Crippen LogP contribution < -0.4 is 29.6 Å². The maximum atomic E-state index is 11.4. The molecule has 0 saturated heterocycles. The molecule has 0 aliphatic carbocycles. The summed E-state index contributed by atoms with van der Waals surface area (Å²) < 4.78 is 4.71. The number of carbonyl (C=O) groups excluding carboxylic acids is 1. The van der Waals surface area contributed by atoms with Crippen molar-refractivity contribution in [3.05, 3.63) is 48.0 Å². The smallest absolute Gasteiger partial charge is 1.00 e. The van der Waals surface area contributed by atoms with E-state index in [9.17, 15) is 4.79 Å². The molecule has 2 aromatic carbocycles. The van der Waals surface area contributed by atoms with Gasteiger partial charge in [-0.2, -0.15) is 0 Å². The number of hydrogen-bond donors (Lipinski definition) is 0. The Morgan fingerprint density at radius 1 is 1.13 bits per heavy atom. The minimum atomic E-state index is -0.290. The summed E-state index contributed by atoms with van der Waals surface area (Å²) in [5.74, 6) is -0.290. The molecule has 2 rings (SSSR count). The normalized spacial score (nSPS) is 9.40. The van der Waals surface area contributed by atoms with Gasteiger partial charge >= 0.3 is 35.5 Å². The maximum absolute atomic E-state index is 11.4. The molecule has 0 unspecified atom stereocenters. The Kier molecular flexibility index (Phi) is 4.33. The Morgan fingerprint density at radius 2 is 1.80 bits per heavy atom. The van der Waals surface area contributed by atoms with Crippen LogP contribution in [-0.2, 0) is 4.74 Å². The first-order chi connectivity index (χ1) is 6.83. The predicted octanol–water partition coefficient (Wildman–Crippen LogP) is -0.257. The van der Waals surface area contributed by atoms with Crippen molar-refractivity contribution < 1.29 is 40.5 Å². The summed E-state index contributed by atoms with van der Waals surface area (Å²) in [6.07, 6.45) is 0. The first kappa shape index (κ1) is 12.2. The molecule has 0 aromatic heterocycles. The van der Waals surface area contributed by atoms with E-state index in [4.69, 9.17) is 4.74 Å². The van der Waals surface area contributed by atoms with Crippen molar-refractivity contribution in [3.8, 4) is 0 Å². The maximum Gasteiger partial charge on any atom is 1.00 e. The van der Waals surface area contributed by atoms with Crippen molar-refractivity contribution in [1.82, 2.24) is 0 Å². The first-order valence-electron chi connectivity index (χ1n) is 4.39. The molecule has 0 radical (unpaired) electrons. The van der Waals surface area contributed by atoms with Gasteiger partial charge in [-0.3, -0.25) is 0 Å². The fourth-order valence-electron chi connectivity index (χ4n) is 1.51. The molecule has 0 amide bonds. The van der Waals surface area contributed by atoms with Gasteiger partial charge in [0, 0.05) is 0 Å². The largest absolute Gasteiger partial charge is 1.00 e. The van der Waals surface area contributed by atoms with Gasteiger partial charge in [0.05, 0.1) is 12.7 Å². The summed E-state index contributed by atoms with van der Waals surface area (Å²) in [5, 5.41) is 1.98. The van der Waals surface area contributed by atoms with Gasteiger partial charge < -0.3 is 6.16 Å². The van der Waals surface area contributed by atoms with Crippen molar-refractivity contribution in [2.75, 3.05) is 7.11 Å². The number of methoxy groups -OCH3 is 1. The average Bonchev–Trinajstić information content (AvgIpc) is 2.27. The van der Waals surface area contributed by atoms with Gasteiger partial charge in [-0.15, -0.1) is 0 Å². The van der Waals surface area contributed by atoms with Crippen LogP contribution in [0.3, 0.4) is 0 Å². The minimum absolute atomic E-state index is 0. The van der Waals surface area contributed by atoms with Gasteiger partial charge in [-0.25, -0.2) is 4.79 Å². The zero-order valence-electron chi connectivity index (χ0n) is 9.86. The summed E-state index contributed by atoms with van der Waals surface area (Å²) in [6, 6.07) is 13.4. The van der Waals surface area contributed by atoms with Crippen LogP contribution in [-0.4, -0.2) is 13.1 Å². The molecule has 0 saturated carbocycles. The third-order valence-electron chi connectivity index (χ3n) is 2.19. The van der Waals surface area contributed by atoms with Crippen molar-refractivity contribution in [3.63, 3.8) is 0 Å². The van der Waals surface area contributed by atoms with E-state index in [-0.39, 0.29) is 37.0 Å². The van der Waals surface area contributed by atoms with Crippen LogP contribution in [0.5, 0.6) is 0 Å². The molecule has 0 atom stereocenters. The van der Waals surface area contributed by atoms with E-state index in [0.29, 0.717) is 5.56 Å².